The van der Waals surface area contributed by atoms with Gasteiger partial charge >= 0.3 is 6.09 Å². The van der Waals surface area contributed by atoms with Crippen molar-refractivity contribution in [3.63, 3.8) is 0 Å². The number of ether oxygens (including phenoxy) is 2. The summed E-state index contributed by atoms with van der Waals surface area (Å²) < 4.78 is 14.3. The van der Waals surface area contributed by atoms with Gasteiger partial charge in [0.1, 0.15) is 22.7 Å². The fourth-order valence-corrected chi connectivity index (χ4v) is 6.80. The molecule has 0 spiro atoms. The monoisotopic (exact) mass is 591 g/mol. The van der Waals surface area contributed by atoms with Crippen LogP contribution in [-0.2, 0) is 0 Å². The van der Waals surface area contributed by atoms with Crippen molar-refractivity contribution in [2.45, 2.75) is 18.9 Å². The van der Waals surface area contributed by atoms with Gasteiger partial charge in [0, 0.05) is 28.7 Å². The number of nitrogens with one attached hydrogen (secondary N) is 1. The Balaban J connectivity index is 1.28. The molecule has 2 aliphatic heterocycles. The van der Waals surface area contributed by atoms with Crippen LogP contribution in [0.15, 0.2) is 42.7 Å². The summed E-state index contributed by atoms with van der Waals surface area (Å²) in [5.41, 5.74) is 8.27. The van der Waals surface area contributed by atoms with Crippen molar-refractivity contribution in [1.82, 2.24) is 24.6 Å². The first-order chi connectivity index (χ1) is 19.9. The van der Waals surface area contributed by atoms with E-state index >= 15 is 0 Å². The number of carbonyl (C=O) groups is 2. The molecule has 5 heterocycles. The Kier molecular flexibility index (Phi) is 6.05. The first-order valence-electron chi connectivity index (χ1n) is 12.8. The Morgan fingerprint density at radius 1 is 1.15 bits per heavy atom. The summed E-state index contributed by atoms with van der Waals surface area (Å²) in [6.07, 6.45) is 1.81. The zero-order valence-electron chi connectivity index (χ0n) is 21.3. The average molecular weight is 592 g/mol. The number of likely N-dealkylation sites (tertiary alicyclic amines) is 1. The number of carbonyl (C=O) groups excluding carboxylic acids is 1. The van der Waals surface area contributed by atoms with Gasteiger partial charge in [0.05, 0.1) is 22.1 Å². The lowest BCUT2D eigenvalue weighted by Crippen LogP contribution is -2.40. The molecule has 0 saturated carbocycles. The summed E-state index contributed by atoms with van der Waals surface area (Å²) >= 11 is 7.84. The van der Waals surface area contributed by atoms with E-state index in [1.54, 1.807) is 16.8 Å². The van der Waals surface area contributed by atoms with E-state index in [9.17, 15) is 14.7 Å². The molecule has 12 nitrogen and oxygen atoms in total. The van der Waals surface area contributed by atoms with Gasteiger partial charge in [0.25, 0.3) is 5.91 Å². The van der Waals surface area contributed by atoms with E-state index in [4.69, 9.17) is 31.9 Å². The molecular weight excluding hydrogens is 570 g/mol. The van der Waals surface area contributed by atoms with Gasteiger partial charge < -0.3 is 30.5 Å². The van der Waals surface area contributed by atoms with E-state index < -0.39 is 6.09 Å². The number of nitrogen functional groups attached to an aromatic ring is 1. The van der Waals surface area contributed by atoms with Crippen LogP contribution in [0.4, 0.5) is 16.3 Å². The number of benzene rings is 2. The van der Waals surface area contributed by atoms with Crippen LogP contribution in [0.3, 0.4) is 0 Å². The summed E-state index contributed by atoms with van der Waals surface area (Å²) in [6, 6.07) is 10.8. The summed E-state index contributed by atoms with van der Waals surface area (Å²) in [5, 5.41) is 19.0. The van der Waals surface area contributed by atoms with E-state index in [1.165, 1.54) is 22.6 Å². The molecule has 5 aromatic rings. The summed E-state index contributed by atoms with van der Waals surface area (Å²) in [7, 11) is 0. The van der Waals surface area contributed by atoms with Crippen LogP contribution >= 0.6 is 22.9 Å². The number of anilines is 2. The molecule has 0 radical (unpaired) electrons. The second kappa shape index (κ2) is 9.78. The molecule has 2 aromatic carbocycles. The van der Waals surface area contributed by atoms with Gasteiger partial charge in [-0.2, -0.15) is 5.10 Å². The van der Waals surface area contributed by atoms with Crippen molar-refractivity contribution in [2.24, 2.45) is 0 Å². The fourth-order valence-electron chi connectivity index (χ4n) is 5.39. The first kappa shape index (κ1) is 25.4. The Labute approximate surface area is 241 Å². The maximum absolute atomic E-state index is 13.3. The number of rotatable bonds is 4. The first-order valence-corrected chi connectivity index (χ1v) is 14.0. The van der Waals surface area contributed by atoms with E-state index in [1.807, 2.05) is 24.3 Å². The average Bonchev–Trinajstić information content (AvgIpc) is 3.70. The van der Waals surface area contributed by atoms with Crippen LogP contribution in [0.25, 0.3) is 32.4 Å². The lowest BCUT2D eigenvalue weighted by molar-refractivity contribution is 0.102. The minimum Gasteiger partial charge on any atom is -0.465 e. The molecule has 4 N–H and O–H groups in total. The zero-order valence-corrected chi connectivity index (χ0v) is 22.9. The van der Waals surface area contributed by atoms with Crippen LogP contribution in [0.5, 0.6) is 11.5 Å². The number of hydrogen-bond donors (Lipinski definition) is 3. The maximum atomic E-state index is 13.3. The quantitative estimate of drug-likeness (QED) is 0.254. The largest absolute Gasteiger partial charge is 0.465 e. The molecule has 0 bridgehead atoms. The number of fused-ring (bicyclic) bond motifs is 3. The second-order valence-electron chi connectivity index (χ2n) is 9.70. The Morgan fingerprint density at radius 3 is 2.80 bits per heavy atom. The summed E-state index contributed by atoms with van der Waals surface area (Å²) in [5.74, 6) is 0.595. The molecule has 2 amide bonds. The fraction of sp³-hybridized carbons (Fsp3) is 0.222. The van der Waals surface area contributed by atoms with Crippen LogP contribution in [0.1, 0.15) is 28.6 Å². The van der Waals surface area contributed by atoms with Crippen molar-refractivity contribution >= 4 is 67.6 Å². The Morgan fingerprint density at radius 2 is 1.98 bits per heavy atom. The van der Waals surface area contributed by atoms with Gasteiger partial charge in [0.15, 0.2) is 17.1 Å². The van der Waals surface area contributed by atoms with E-state index in [2.05, 4.69) is 15.3 Å². The highest BCUT2D eigenvalue weighted by Crippen LogP contribution is 2.48. The molecular formula is C27H22ClN7O5S. The highest BCUT2D eigenvalue weighted by atomic mass is 35.5. The van der Waals surface area contributed by atoms with Crippen molar-refractivity contribution in [2.75, 3.05) is 30.9 Å². The van der Waals surface area contributed by atoms with Crippen molar-refractivity contribution < 1.29 is 24.2 Å². The third-order valence-electron chi connectivity index (χ3n) is 7.29. The molecule has 14 heteroatoms. The zero-order chi connectivity index (χ0) is 28.2. The number of nitrogens with two attached hydrogens (primary N) is 1. The third kappa shape index (κ3) is 4.16. The van der Waals surface area contributed by atoms with Gasteiger partial charge in [0.2, 0.25) is 6.79 Å². The summed E-state index contributed by atoms with van der Waals surface area (Å²) in [6.45, 7) is 0.686. The number of nitrogens with zero attached hydrogens (tertiary/aromatic N) is 5. The molecule has 3 aromatic heterocycles. The van der Waals surface area contributed by atoms with Crippen molar-refractivity contribution in [3.05, 3.63) is 52.6 Å². The number of aromatic nitrogens is 4. The second-order valence-corrected chi connectivity index (χ2v) is 11.1. The molecule has 1 atom stereocenters. The van der Waals surface area contributed by atoms with Crippen LogP contribution in [-0.4, -0.2) is 61.6 Å². The van der Waals surface area contributed by atoms with E-state index in [0.717, 1.165) is 16.5 Å². The van der Waals surface area contributed by atoms with Gasteiger partial charge in [-0.05, 0) is 31.0 Å². The predicted octanol–water partition coefficient (Wildman–Crippen LogP) is 5.24. The standard InChI is InChI=1S/C27H22ClN7O5S/c28-19-14-5-1-2-6-17(14)41-23(19)26(36)32-16-8-7-15(21-22(16)40-12-39-21)20-18-24(29)30-11-31-25(18)35(33-20)13-4-3-9-34(10-13)27(37)38/h1-2,5-8,11,13H,3-4,9-10,12H2,(H,32,36)(H,37,38)(H2,29,30,31)/t13-/m1/s1. The number of halogens is 1. The van der Waals surface area contributed by atoms with Crippen LogP contribution < -0.4 is 20.5 Å². The van der Waals surface area contributed by atoms with Crippen LogP contribution in [0, 0.1) is 0 Å². The summed E-state index contributed by atoms with van der Waals surface area (Å²) in [4.78, 5) is 35.3. The number of piperidine rings is 1. The van der Waals surface area contributed by atoms with Crippen molar-refractivity contribution in [1.29, 1.82) is 0 Å². The minimum atomic E-state index is -0.974. The smallest absolute Gasteiger partial charge is 0.407 e. The Hall–Kier alpha value is -4.62. The van der Waals surface area contributed by atoms with Crippen LogP contribution in [0.2, 0.25) is 5.02 Å². The predicted molar refractivity (Wildman–Crippen MR) is 154 cm³/mol. The minimum absolute atomic E-state index is 0.0559. The molecule has 2 aliphatic rings. The number of hydrogen-bond acceptors (Lipinski definition) is 9. The molecule has 0 unspecified atom stereocenters. The normalized spacial score (nSPS) is 16.4. The van der Waals surface area contributed by atoms with E-state index in [-0.39, 0.29) is 31.1 Å². The molecule has 1 fully saturated rings. The SMILES string of the molecule is Nc1ncnc2c1c(-c1ccc(NC(=O)c3sc4ccccc4c3Cl)c3c1OCO3)nn2[C@@H]1CCCN(C(=O)O)C1. The molecule has 208 valence electrons. The highest BCUT2D eigenvalue weighted by molar-refractivity contribution is 7.21. The third-order valence-corrected chi connectivity index (χ3v) is 8.97. The number of carboxylic acid groups (broad SMARTS) is 1. The lowest BCUT2D eigenvalue weighted by atomic mass is 10.1. The number of thiophene rings is 1. The Bertz CT molecular complexity index is 1870. The molecule has 41 heavy (non-hydrogen) atoms. The molecule has 7 rings (SSSR count). The number of amides is 2. The molecule has 1 saturated heterocycles. The lowest BCUT2D eigenvalue weighted by Gasteiger charge is -2.30. The topological polar surface area (TPSA) is 158 Å². The van der Waals surface area contributed by atoms with Gasteiger partial charge in [-0.25, -0.2) is 19.4 Å². The highest BCUT2D eigenvalue weighted by Gasteiger charge is 2.32. The van der Waals surface area contributed by atoms with Crippen molar-refractivity contribution in [3.8, 4) is 22.8 Å². The van der Waals surface area contributed by atoms with E-state index in [0.29, 0.717) is 62.3 Å². The van der Waals surface area contributed by atoms with Gasteiger partial charge in [-0.1, -0.05) is 29.8 Å². The maximum Gasteiger partial charge on any atom is 0.407 e. The molecule has 0 aliphatic carbocycles. The van der Waals surface area contributed by atoms with Gasteiger partial charge in [-0.15, -0.1) is 11.3 Å². The van der Waals surface area contributed by atoms with Gasteiger partial charge in [-0.3, -0.25) is 4.79 Å².